The van der Waals surface area contributed by atoms with Gasteiger partial charge in [-0.2, -0.15) is 0 Å². The van der Waals surface area contributed by atoms with Crippen molar-refractivity contribution in [2.75, 3.05) is 39.3 Å². The molecule has 0 radical (unpaired) electrons. The maximum absolute atomic E-state index is 9.50. The molecule has 2 unspecified atom stereocenters. The maximum atomic E-state index is 9.50. The quantitative estimate of drug-likeness (QED) is 0.277. The van der Waals surface area contributed by atoms with Crippen LogP contribution in [0, 0.1) is 5.92 Å². The van der Waals surface area contributed by atoms with Crippen LogP contribution in [-0.4, -0.2) is 55.6 Å². The highest BCUT2D eigenvalue weighted by molar-refractivity contribution is 4.94. The van der Waals surface area contributed by atoms with Crippen molar-refractivity contribution in [3.8, 4) is 0 Å². The fourth-order valence-corrected chi connectivity index (χ4v) is 2.33. The lowest BCUT2D eigenvalue weighted by Gasteiger charge is -2.18. The number of allylic oxidation sites excluding steroid dienone is 1. The van der Waals surface area contributed by atoms with Crippen LogP contribution in [0.25, 0.3) is 0 Å². The molecule has 4 nitrogen and oxygen atoms in total. The Morgan fingerprint density at radius 2 is 2.09 bits per heavy atom. The van der Waals surface area contributed by atoms with Crippen LogP contribution >= 0.6 is 0 Å². The molecule has 0 amide bonds. The number of hydrogen-bond acceptors (Lipinski definition) is 4. The Morgan fingerprint density at radius 3 is 2.68 bits per heavy atom. The molecule has 0 aliphatic rings. The monoisotopic (exact) mass is 312 g/mol. The Kier molecular flexibility index (Phi) is 14.8. The second kappa shape index (κ2) is 15.2. The van der Waals surface area contributed by atoms with E-state index in [9.17, 15) is 5.11 Å². The van der Waals surface area contributed by atoms with Gasteiger partial charge in [0, 0.05) is 26.1 Å². The number of rotatable bonds is 15. The van der Waals surface area contributed by atoms with Gasteiger partial charge >= 0.3 is 0 Å². The van der Waals surface area contributed by atoms with E-state index in [1.807, 2.05) is 13.0 Å². The van der Waals surface area contributed by atoms with E-state index in [0.29, 0.717) is 18.9 Å². The molecule has 0 aromatic heterocycles. The first-order valence-electron chi connectivity index (χ1n) is 8.68. The summed E-state index contributed by atoms with van der Waals surface area (Å²) >= 11 is 0. The fraction of sp³-hybridized carbons (Fsp3) is 0.778. The van der Waals surface area contributed by atoms with Crippen molar-refractivity contribution < 1.29 is 9.84 Å². The van der Waals surface area contributed by atoms with Gasteiger partial charge in [-0.25, -0.2) is 0 Å². The first kappa shape index (κ1) is 21.3. The van der Waals surface area contributed by atoms with Gasteiger partial charge in [0.15, 0.2) is 6.29 Å². The second-order valence-corrected chi connectivity index (χ2v) is 5.51. The molecule has 0 aromatic rings. The summed E-state index contributed by atoms with van der Waals surface area (Å²) in [5, 5.41) is 12.9. The van der Waals surface area contributed by atoms with E-state index in [2.05, 4.69) is 42.8 Å². The van der Waals surface area contributed by atoms with Crippen molar-refractivity contribution in [2.45, 2.75) is 46.3 Å². The van der Waals surface area contributed by atoms with Crippen molar-refractivity contribution in [1.29, 1.82) is 0 Å². The van der Waals surface area contributed by atoms with Crippen molar-refractivity contribution in [3.63, 3.8) is 0 Å². The number of aliphatic hydroxyl groups is 1. The van der Waals surface area contributed by atoms with Gasteiger partial charge in [0.1, 0.15) is 0 Å². The van der Waals surface area contributed by atoms with E-state index in [-0.39, 0.29) is 0 Å². The summed E-state index contributed by atoms with van der Waals surface area (Å²) in [6.07, 6.45) is 8.65. The third-order valence-electron chi connectivity index (χ3n) is 3.56. The summed E-state index contributed by atoms with van der Waals surface area (Å²) < 4.78 is 5.10. The van der Waals surface area contributed by atoms with Crippen LogP contribution in [-0.2, 0) is 4.74 Å². The zero-order valence-corrected chi connectivity index (χ0v) is 14.8. The van der Waals surface area contributed by atoms with Crippen LogP contribution in [0.2, 0.25) is 0 Å². The number of nitrogens with zero attached hydrogens (tertiary/aromatic N) is 1. The summed E-state index contributed by atoms with van der Waals surface area (Å²) in [7, 11) is 0. The Labute approximate surface area is 137 Å². The smallest absolute Gasteiger partial charge is 0.155 e. The van der Waals surface area contributed by atoms with Crippen LogP contribution in [0.1, 0.15) is 40.0 Å². The average Bonchev–Trinajstić information content (AvgIpc) is 2.50. The first-order valence-corrected chi connectivity index (χ1v) is 8.68. The molecule has 0 rings (SSSR count). The summed E-state index contributed by atoms with van der Waals surface area (Å²) in [6.45, 7) is 15.6. The van der Waals surface area contributed by atoms with E-state index < -0.39 is 6.29 Å². The predicted octanol–water partition coefficient (Wildman–Crippen LogP) is 2.80. The van der Waals surface area contributed by atoms with Gasteiger partial charge in [-0.05, 0) is 45.3 Å². The molecule has 0 aliphatic carbocycles. The Bertz CT molecular complexity index is 282. The minimum Gasteiger partial charge on any atom is -0.368 e. The highest BCUT2D eigenvalue weighted by Gasteiger charge is 2.05. The predicted molar refractivity (Wildman–Crippen MR) is 95.0 cm³/mol. The number of aliphatic hydroxyl groups excluding tert-OH is 1. The Balaban J connectivity index is 4.01. The highest BCUT2D eigenvalue weighted by atomic mass is 16.6. The van der Waals surface area contributed by atoms with Crippen LogP contribution in [0.15, 0.2) is 24.8 Å². The number of hydrogen-bond donors (Lipinski definition) is 2. The van der Waals surface area contributed by atoms with Crippen LogP contribution < -0.4 is 5.32 Å². The normalized spacial score (nSPS) is 14.6. The molecule has 130 valence electrons. The molecule has 4 heteroatoms. The van der Waals surface area contributed by atoms with E-state index in [1.54, 1.807) is 0 Å². The number of likely N-dealkylation sites (N-methyl/N-ethyl adjacent to an activating group) is 1. The third-order valence-corrected chi connectivity index (χ3v) is 3.56. The van der Waals surface area contributed by atoms with E-state index in [4.69, 9.17) is 4.74 Å². The van der Waals surface area contributed by atoms with E-state index in [0.717, 1.165) is 39.1 Å². The number of ether oxygens (including phenoxy) is 1. The van der Waals surface area contributed by atoms with Crippen LogP contribution in [0.5, 0.6) is 0 Å². The molecule has 0 aliphatic heterocycles. The van der Waals surface area contributed by atoms with Crippen LogP contribution in [0.4, 0.5) is 0 Å². The lowest BCUT2D eigenvalue weighted by Crippen LogP contribution is -2.27. The van der Waals surface area contributed by atoms with E-state index in [1.165, 1.54) is 6.42 Å². The fourth-order valence-electron chi connectivity index (χ4n) is 2.33. The molecule has 2 atom stereocenters. The summed E-state index contributed by atoms with van der Waals surface area (Å²) in [5.74, 6) is 0.460. The zero-order valence-electron chi connectivity index (χ0n) is 14.8. The first-order chi connectivity index (χ1) is 10.7. The molecule has 0 saturated heterocycles. The topological polar surface area (TPSA) is 44.7 Å². The summed E-state index contributed by atoms with van der Waals surface area (Å²) in [4.78, 5) is 2.44. The van der Waals surface area contributed by atoms with Crippen molar-refractivity contribution in [1.82, 2.24) is 10.2 Å². The van der Waals surface area contributed by atoms with Gasteiger partial charge in [-0.1, -0.05) is 32.1 Å². The largest absolute Gasteiger partial charge is 0.368 e. The maximum Gasteiger partial charge on any atom is 0.155 e. The molecule has 0 aromatic carbocycles. The molecule has 22 heavy (non-hydrogen) atoms. The highest BCUT2D eigenvalue weighted by Crippen LogP contribution is 2.05. The van der Waals surface area contributed by atoms with Gasteiger partial charge in [-0.3, -0.25) is 4.90 Å². The molecule has 0 fully saturated rings. The third kappa shape index (κ3) is 11.9. The van der Waals surface area contributed by atoms with Crippen molar-refractivity contribution in [3.05, 3.63) is 24.8 Å². The molecule has 0 heterocycles. The van der Waals surface area contributed by atoms with Crippen molar-refractivity contribution >= 4 is 0 Å². The van der Waals surface area contributed by atoms with Gasteiger partial charge < -0.3 is 15.2 Å². The molecule has 2 N–H and O–H groups in total. The molecular formula is C18H36N2O2. The minimum absolute atomic E-state index is 0.460. The minimum atomic E-state index is -0.655. The molecule has 0 saturated carbocycles. The SMILES string of the molecule is C=CCC(/C=C/CN(CC)CCC)CNCCC(O)OCC. The Morgan fingerprint density at radius 1 is 1.32 bits per heavy atom. The second-order valence-electron chi connectivity index (χ2n) is 5.51. The standard InChI is InChI=1S/C18H36N2O2/c1-5-10-17(11-9-15-20(7-3)14-6-2)16-19-13-12-18(21)22-8-4/h5,9,11,17-19,21H,1,6-8,10,12-16H2,2-4H3/b11-9+. The molecule has 0 spiro atoms. The summed E-state index contributed by atoms with van der Waals surface area (Å²) in [6, 6.07) is 0. The molecular weight excluding hydrogens is 276 g/mol. The van der Waals surface area contributed by atoms with Gasteiger partial charge in [0.05, 0.1) is 0 Å². The summed E-state index contributed by atoms with van der Waals surface area (Å²) in [5.41, 5.74) is 0. The molecule has 0 bridgehead atoms. The van der Waals surface area contributed by atoms with Gasteiger partial charge in [-0.15, -0.1) is 6.58 Å². The number of nitrogens with one attached hydrogen (secondary N) is 1. The van der Waals surface area contributed by atoms with Crippen molar-refractivity contribution in [2.24, 2.45) is 5.92 Å². The zero-order chi connectivity index (χ0) is 16.6. The average molecular weight is 312 g/mol. The van der Waals surface area contributed by atoms with Gasteiger partial charge in [0.25, 0.3) is 0 Å². The van der Waals surface area contributed by atoms with Gasteiger partial charge in [0.2, 0.25) is 0 Å². The lowest BCUT2D eigenvalue weighted by atomic mass is 10.0. The van der Waals surface area contributed by atoms with E-state index >= 15 is 0 Å². The van der Waals surface area contributed by atoms with Crippen LogP contribution in [0.3, 0.4) is 0 Å². The lowest BCUT2D eigenvalue weighted by molar-refractivity contribution is -0.0976. The Hall–Kier alpha value is -0.680.